The van der Waals surface area contributed by atoms with Gasteiger partial charge in [-0.1, -0.05) is 51.1 Å². The molecular weight excluding hydrogens is 334 g/mol. The van der Waals surface area contributed by atoms with Gasteiger partial charge in [0.2, 0.25) is 5.91 Å². The van der Waals surface area contributed by atoms with Crippen molar-refractivity contribution in [3.8, 4) is 0 Å². The number of amides is 1. The van der Waals surface area contributed by atoms with E-state index in [1.54, 1.807) is 0 Å². The highest BCUT2D eigenvalue weighted by Gasteiger charge is 2.26. The molecular formula is C23H33N3O. The summed E-state index contributed by atoms with van der Waals surface area (Å²) in [5, 5.41) is 0. The number of hydrogen-bond acceptors (Lipinski definition) is 3. The third-order valence-electron chi connectivity index (χ3n) is 4.68. The van der Waals surface area contributed by atoms with Gasteiger partial charge in [-0.25, -0.2) is 0 Å². The number of carbonyl (C=O) groups is 1. The predicted octanol–water partition coefficient (Wildman–Crippen LogP) is 4.86. The summed E-state index contributed by atoms with van der Waals surface area (Å²) < 4.78 is 0. The Labute approximate surface area is 164 Å². The summed E-state index contributed by atoms with van der Waals surface area (Å²) in [6, 6.07) is 16.1. The molecule has 0 radical (unpaired) electrons. The van der Waals surface area contributed by atoms with Gasteiger partial charge < -0.3 is 15.5 Å². The van der Waals surface area contributed by atoms with Crippen molar-refractivity contribution >= 4 is 17.3 Å². The van der Waals surface area contributed by atoms with Gasteiger partial charge in [-0.2, -0.15) is 0 Å². The first kappa shape index (κ1) is 20.8. The smallest absolute Gasteiger partial charge is 0.223 e. The largest absolute Gasteiger partial charge is 0.399 e. The molecule has 2 aromatic carbocycles. The summed E-state index contributed by atoms with van der Waals surface area (Å²) >= 11 is 0. The summed E-state index contributed by atoms with van der Waals surface area (Å²) in [6.07, 6.45) is 0.504. The molecule has 2 N–H and O–H groups in total. The van der Waals surface area contributed by atoms with Crippen LogP contribution < -0.4 is 10.6 Å². The summed E-state index contributed by atoms with van der Waals surface area (Å²) in [5.74, 6) is 0.158. The lowest BCUT2D eigenvalue weighted by atomic mass is 9.91. The highest BCUT2D eigenvalue weighted by atomic mass is 16.2. The van der Waals surface area contributed by atoms with Crippen LogP contribution in [0, 0.1) is 5.41 Å². The van der Waals surface area contributed by atoms with E-state index in [0.29, 0.717) is 18.7 Å². The lowest BCUT2D eigenvalue weighted by Crippen LogP contribution is -2.35. The molecule has 1 atom stereocenters. The van der Waals surface area contributed by atoms with Crippen LogP contribution in [-0.2, 0) is 11.3 Å². The number of anilines is 2. The lowest BCUT2D eigenvalue weighted by Gasteiger charge is -2.33. The van der Waals surface area contributed by atoms with Gasteiger partial charge in [0.15, 0.2) is 0 Å². The summed E-state index contributed by atoms with van der Waals surface area (Å²) in [5.41, 5.74) is 9.97. The maximum atomic E-state index is 13.2. The molecule has 4 heteroatoms. The van der Waals surface area contributed by atoms with Crippen LogP contribution in [0.15, 0.2) is 48.5 Å². The van der Waals surface area contributed by atoms with Crippen molar-refractivity contribution in [3.05, 3.63) is 59.7 Å². The molecule has 0 heterocycles. The Morgan fingerprint density at radius 2 is 1.70 bits per heavy atom. The van der Waals surface area contributed by atoms with E-state index in [1.165, 1.54) is 0 Å². The average molecular weight is 368 g/mol. The molecule has 4 nitrogen and oxygen atoms in total. The summed E-state index contributed by atoms with van der Waals surface area (Å²) in [4.78, 5) is 17.3. The Morgan fingerprint density at radius 1 is 1.07 bits per heavy atom. The molecule has 146 valence electrons. The maximum Gasteiger partial charge on any atom is 0.223 e. The van der Waals surface area contributed by atoms with E-state index in [9.17, 15) is 4.79 Å². The molecule has 2 rings (SSSR count). The molecule has 0 bridgehead atoms. The normalized spacial score (nSPS) is 12.5. The number of nitrogens with zero attached hydrogens (tertiary/aromatic N) is 2. The molecule has 0 unspecified atom stereocenters. The molecule has 0 spiro atoms. The second kappa shape index (κ2) is 8.47. The molecule has 0 aromatic heterocycles. The Hall–Kier alpha value is -2.49. The zero-order valence-electron chi connectivity index (χ0n) is 17.5. The number of rotatable bonds is 6. The molecule has 0 aliphatic rings. The van der Waals surface area contributed by atoms with Crippen LogP contribution in [0.5, 0.6) is 0 Å². The van der Waals surface area contributed by atoms with E-state index >= 15 is 0 Å². The summed E-state index contributed by atoms with van der Waals surface area (Å²) in [7, 11) is 4.02. The molecule has 1 amide bonds. The number of benzene rings is 2. The molecule has 0 aliphatic heterocycles. The van der Waals surface area contributed by atoms with Crippen LogP contribution in [-0.4, -0.2) is 24.9 Å². The monoisotopic (exact) mass is 367 g/mol. The fourth-order valence-corrected chi connectivity index (χ4v) is 3.26. The molecule has 0 fully saturated rings. The first-order chi connectivity index (χ1) is 12.6. The van der Waals surface area contributed by atoms with Gasteiger partial charge in [-0.15, -0.1) is 0 Å². The minimum atomic E-state index is -0.0637. The van der Waals surface area contributed by atoms with Crippen LogP contribution in [0.3, 0.4) is 0 Å². The van der Waals surface area contributed by atoms with Gasteiger partial charge >= 0.3 is 0 Å². The predicted molar refractivity (Wildman–Crippen MR) is 115 cm³/mol. The van der Waals surface area contributed by atoms with Gasteiger partial charge in [0, 0.05) is 38.4 Å². The van der Waals surface area contributed by atoms with E-state index in [4.69, 9.17) is 5.73 Å². The van der Waals surface area contributed by atoms with E-state index in [2.05, 4.69) is 44.7 Å². The third-order valence-corrected chi connectivity index (χ3v) is 4.68. The van der Waals surface area contributed by atoms with Crippen molar-refractivity contribution < 1.29 is 4.79 Å². The van der Waals surface area contributed by atoms with Crippen molar-refractivity contribution in [2.24, 2.45) is 5.41 Å². The van der Waals surface area contributed by atoms with Gasteiger partial charge in [-0.3, -0.25) is 4.79 Å². The topological polar surface area (TPSA) is 49.6 Å². The Morgan fingerprint density at radius 3 is 2.26 bits per heavy atom. The Bertz CT molecular complexity index is 763. The third kappa shape index (κ3) is 5.75. The fraction of sp³-hybridized carbons (Fsp3) is 0.435. The minimum Gasteiger partial charge on any atom is -0.399 e. The van der Waals surface area contributed by atoms with E-state index in [-0.39, 0.29) is 17.4 Å². The van der Waals surface area contributed by atoms with Crippen LogP contribution in [0.25, 0.3) is 0 Å². The van der Waals surface area contributed by atoms with Crippen LogP contribution in [0.4, 0.5) is 11.4 Å². The van der Waals surface area contributed by atoms with E-state index in [1.807, 2.05) is 55.4 Å². The fourth-order valence-electron chi connectivity index (χ4n) is 3.26. The lowest BCUT2D eigenvalue weighted by molar-refractivity contribution is -0.136. The second-order valence-electron chi connectivity index (χ2n) is 8.63. The van der Waals surface area contributed by atoms with Crippen LogP contribution in [0.1, 0.15) is 51.3 Å². The van der Waals surface area contributed by atoms with Gasteiger partial charge in [-0.05, 0) is 41.7 Å². The molecule has 0 saturated heterocycles. The van der Waals surface area contributed by atoms with Crippen molar-refractivity contribution in [2.75, 3.05) is 24.7 Å². The van der Waals surface area contributed by atoms with Crippen LogP contribution >= 0.6 is 0 Å². The maximum absolute atomic E-state index is 13.2. The summed E-state index contributed by atoms with van der Waals surface area (Å²) in [6.45, 7) is 8.92. The highest BCUT2D eigenvalue weighted by molar-refractivity contribution is 5.77. The second-order valence-corrected chi connectivity index (χ2v) is 8.63. The van der Waals surface area contributed by atoms with Crippen molar-refractivity contribution in [1.29, 1.82) is 0 Å². The minimum absolute atomic E-state index is 0.0162. The van der Waals surface area contributed by atoms with Gasteiger partial charge in [0.05, 0.1) is 6.04 Å². The first-order valence-corrected chi connectivity index (χ1v) is 9.48. The number of carbonyl (C=O) groups excluding carboxylic acids is 1. The van der Waals surface area contributed by atoms with Crippen molar-refractivity contribution in [3.63, 3.8) is 0 Å². The highest BCUT2D eigenvalue weighted by Crippen LogP contribution is 2.30. The number of hydrogen-bond donors (Lipinski definition) is 1. The van der Waals surface area contributed by atoms with E-state index in [0.717, 1.165) is 16.8 Å². The number of nitrogen functional groups attached to an aromatic ring is 1. The number of nitrogens with two attached hydrogens (primary N) is 1. The SMILES string of the molecule is C[C@H](c1ccccc1)N(Cc1cc(N)ccc1N(C)C)C(=O)CC(C)(C)C. The standard InChI is InChI=1S/C23H33N3O/c1-17(18-10-8-7-9-11-18)26(22(27)15-23(2,3)4)16-19-14-20(24)12-13-21(19)25(5)6/h7-14,17H,15-16,24H2,1-6H3/t17-/m1/s1. The van der Waals surface area contributed by atoms with Gasteiger partial charge in [0.1, 0.15) is 0 Å². The molecule has 0 aliphatic carbocycles. The molecule has 2 aromatic rings. The zero-order chi connectivity index (χ0) is 20.2. The molecule has 27 heavy (non-hydrogen) atoms. The van der Waals surface area contributed by atoms with Crippen molar-refractivity contribution in [1.82, 2.24) is 4.90 Å². The Balaban J connectivity index is 2.41. The van der Waals surface area contributed by atoms with E-state index < -0.39 is 0 Å². The zero-order valence-corrected chi connectivity index (χ0v) is 17.5. The van der Waals surface area contributed by atoms with Crippen molar-refractivity contribution in [2.45, 2.75) is 46.7 Å². The first-order valence-electron chi connectivity index (χ1n) is 9.48. The Kier molecular flexibility index (Phi) is 6.53. The average Bonchev–Trinajstić information content (AvgIpc) is 2.58. The van der Waals surface area contributed by atoms with Crippen LogP contribution in [0.2, 0.25) is 0 Å². The quantitative estimate of drug-likeness (QED) is 0.742. The molecule has 0 saturated carbocycles. The van der Waals surface area contributed by atoms with Gasteiger partial charge in [0.25, 0.3) is 0 Å².